The van der Waals surface area contributed by atoms with Gasteiger partial charge in [-0.15, -0.1) is 0 Å². The van der Waals surface area contributed by atoms with Crippen molar-refractivity contribution in [1.29, 1.82) is 0 Å². The lowest BCUT2D eigenvalue weighted by Crippen LogP contribution is -2.22. The zero-order valence-corrected chi connectivity index (χ0v) is 7.42. The molecular formula is C9H19NO2. The van der Waals surface area contributed by atoms with Crippen LogP contribution in [0.3, 0.4) is 0 Å². The van der Waals surface area contributed by atoms with Gasteiger partial charge in [-0.1, -0.05) is 13.8 Å². The second-order valence-corrected chi connectivity index (χ2v) is 3.16. The molecule has 0 saturated heterocycles. The van der Waals surface area contributed by atoms with Gasteiger partial charge in [0.25, 0.3) is 0 Å². The minimum atomic E-state index is -2.43. The summed E-state index contributed by atoms with van der Waals surface area (Å²) in [6, 6.07) is 0. The highest BCUT2D eigenvalue weighted by atomic mass is 16.4. The number of aliphatic carboxylic acids is 1. The Kier molecular flexibility index (Phi) is 2.61. The minimum Gasteiger partial charge on any atom is -0.481 e. The van der Waals surface area contributed by atoms with Gasteiger partial charge in [-0.2, -0.15) is 0 Å². The third-order valence-corrected chi connectivity index (χ3v) is 1.43. The quantitative estimate of drug-likeness (QED) is 0.645. The lowest BCUT2D eigenvalue weighted by molar-refractivity contribution is -0.138. The Morgan fingerprint density at radius 2 is 2.42 bits per heavy atom. The van der Waals surface area contributed by atoms with Gasteiger partial charge in [0, 0.05) is 13.2 Å². The summed E-state index contributed by atoms with van der Waals surface area (Å²) in [6.07, 6.45) is -2.12. The number of nitrogens with one attached hydrogen (secondary N) is 1. The van der Waals surface area contributed by atoms with E-state index in [2.05, 4.69) is 5.32 Å². The van der Waals surface area contributed by atoms with Crippen LogP contribution in [0.1, 0.15) is 33.5 Å². The number of carboxylic acid groups (broad SMARTS) is 1. The maximum atomic E-state index is 10.8. The van der Waals surface area contributed by atoms with Crippen LogP contribution in [-0.2, 0) is 4.79 Å². The predicted octanol–water partition coefficient (Wildman–Crippen LogP) is 1.34. The first kappa shape index (κ1) is 5.22. The van der Waals surface area contributed by atoms with Crippen molar-refractivity contribution in [2.24, 2.45) is 11.8 Å². The van der Waals surface area contributed by atoms with E-state index in [9.17, 15) is 4.79 Å². The van der Waals surface area contributed by atoms with E-state index in [-0.39, 0.29) is 12.5 Å². The molecular weight excluding hydrogens is 154 g/mol. The molecule has 1 atom stereocenters. The Labute approximate surface area is 81.2 Å². The minimum absolute atomic E-state index is 0.0906. The highest BCUT2D eigenvalue weighted by molar-refractivity contribution is 5.67. The molecule has 72 valence electrons. The highest BCUT2D eigenvalue weighted by Crippen LogP contribution is 2.14. The van der Waals surface area contributed by atoms with Crippen LogP contribution in [0.2, 0.25) is 0 Å². The largest absolute Gasteiger partial charge is 0.481 e. The van der Waals surface area contributed by atoms with E-state index in [1.54, 1.807) is 0 Å². The Balaban J connectivity index is 4.71. The molecule has 12 heavy (non-hydrogen) atoms. The van der Waals surface area contributed by atoms with Crippen LogP contribution < -0.4 is 5.32 Å². The van der Waals surface area contributed by atoms with Crippen LogP contribution >= 0.6 is 0 Å². The summed E-state index contributed by atoms with van der Waals surface area (Å²) < 4.78 is 35.9. The number of rotatable bonds is 6. The van der Waals surface area contributed by atoms with Gasteiger partial charge in [0.1, 0.15) is 0 Å². The van der Waals surface area contributed by atoms with Crippen LogP contribution in [0.4, 0.5) is 0 Å². The lowest BCUT2D eigenvalue weighted by Gasteiger charge is -2.16. The molecule has 0 saturated carbocycles. The first-order chi connectivity index (χ1) is 7.47. The Bertz CT molecular complexity index is 265. The molecule has 3 heteroatoms. The van der Waals surface area contributed by atoms with Crippen molar-refractivity contribution < 1.29 is 16.8 Å². The molecule has 0 aromatic rings. The van der Waals surface area contributed by atoms with E-state index < -0.39 is 25.2 Å². The molecule has 0 aromatic heterocycles. The molecule has 2 N–H and O–H groups in total. The van der Waals surface area contributed by atoms with Gasteiger partial charge in [-0.3, -0.25) is 4.79 Å². The predicted molar refractivity (Wildman–Crippen MR) is 49.1 cm³/mol. The summed E-state index contributed by atoms with van der Waals surface area (Å²) in [5.41, 5.74) is 0. The van der Waals surface area contributed by atoms with Crippen molar-refractivity contribution in [3.8, 4) is 0 Å². The fourth-order valence-corrected chi connectivity index (χ4v) is 1.06. The van der Waals surface area contributed by atoms with Gasteiger partial charge in [0.05, 0.1) is 0 Å². The van der Waals surface area contributed by atoms with Gasteiger partial charge in [0.15, 0.2) is 0 Å². The summed E-state index contributed by atoms with van der Waals surface area (Å²) >= 11 is 0. The molecule has 0 rings (SSSR count). The van der Waals surface area contributed by atoms with E-state index in [0.717, 1.165) is 0 Å². The van der Waals surface area contributed by atoms with Crippen LogP contribution in [0.15, 0.2) is 0 Å². The van der Waals surface area contributed by atoms with E-state index >= 15 is 0 Å². The number of carbonyl (C=O) groups is 1. The van der Waals surface area contributed by atoms with E-state index in [1.165, 1.54) is 0 Å². The first-order valence-corrected chi connectivity index (χ1v) is 3.95. The standard InChI is InChI=1S/C9H19NO2/c1-7(2)4-8(6-10-3)5-9(11)12/h7-8,10H,4-6H2,1-3H3,(H,11,12)/t8-/m0/s1/i3D3,5D2. The maximum Gasteiger partial charge on any atom is 0.303 e. The second-order valence-electron chi connectivity index (χ2n) is 3.16. The van der Waals surface area contributed by atoms with Crippen molar-refractivity contribution in [2.75, 3.05) is 13.5 Å². The number of hydrogen-bond donors (Lipinski definition) is 2. The van der Waals surface area contributed by atoms with Gasteiger partial charge in [-0.05, 0) is 31.8 Å². The topological polar surface area (TPSA) is 49.3 Å². The average molecular weight is 178 g/mol. The molecule has 0 unspecified atom stereocenters. The van der Waals surface area contributed by atoms with Crippen LogP contribution in [0, 0.1) is 11.8 Å². The summed E-state index contributed by atoms with van der Waals surface area (Å²) in [4.78, 5) is 10.8. The molecule has 0 radical (unpaired) electrons. The molecule has 0 amide bonds. The zero-order chi connectivity index (χ0) is 13.9. The summed E-state index contributed by atoms with van der Waals surface area (Å²) in [5, 5.41) is 11.0. The molecule has 3 nitrogen and oxygen atoms in total. The van der Waals surface area contributed by atoms with Crippen LogP contribution in [-0.4, -0.2) is 24.6 Å². The van der Waals surface area contributed by atoms with Gasteiger partial charge < -0.3 is 10.4 Å². The molecule has 0 aliphatic carbocycles. The zero-order valence-electron chi connectivity index (χ0n) is 12.4. The molecule has 0 aliphatic rings. The maximum absolute atomic E-state index is 10.8. The molecule has 0 spiro atoms. The molecule has 0 aromatic carbocycles. The highest BCUT2D eigenvalue weighted by Gasteiger charge is 2.13. The second kappa shape index (κ2) is 6.00. The van der Waals surface area contributed by atoms with Crippen molar-refractivity contribution in [3.63, 3.8) is 0 Å². The first-order valence-electron chi connectivity index (χ1n) is 6.45. The number of hydrogen-bond acceptors (Lipinski definition) is 2. The summed E-state index contributed by atoms with van der Waals surface area (Å²) in [7, 11) is 0. The monoisotopic (exact) mass is 178 g/mol. The van der Waals surface area contributed by atoms with Crippen molar-refractivity contribution >= 4 is 5.97 Å². The fourth-order valence-electron chi connectivity index (χ4n) is 1.06. The Morgan fingerprint density at radius 3 is 2.83 bits per heavy atom. The number of carboxylic acids is 1. The van der Waals surface area contributed by atoms with Gasteiger partial charge >= 0.3 is 5.97 Å². The third-order valence-electron chi connectivity index (χ3n) is 1.43. The van der Waals surface area contributed by atoms with E-state index in [1.807, 2.05) is 13.8 Å². The van der Waals surface area contributed by atoms with Crippen molar-refractivity contribution in [3.05, 3.63) is 0 Å². The van der Waals surface area contributed by atoms with Crippen molar-refractivity contribution in [1.82, 2.24) is 5.32 Å². The lowest BCUT2D eigenvalue weighted by atomic mass is 9.94. The SMILES string of the molecule is [2H]C([2H])([2H])NC[C@@H](CC(C)C)C([2H])([2H])C(=O)O. The van der Waals surface area contributed by atoms with E-state index in [0.29, 0.717) is 6.42 Å². The average Bonchev–Trinajstić information content (AvgIpc) is 2.09. The third kappa shape index (κ3) is 6.16. The Hall–Kier alpha value is -0.570. The molecule has 0 fully saturated rings. The summed E-state index contributed by atoms with van der Waals surface area (Å²) in [5.74, 6) is -2.34. The molecule has 0 aliphatic heterocycles. The van der Waals surface area contributed by atoms with E-state index in [4.69, 9.17) is 12.0 Å². The normalized spacial score (nSPS) is 21.8. The summed E-state index contributed by atoms with van der Waals surface area (Å²) in [6.45, 7) is 1.10. The van der Waals surface area contributed by atoms with Crippen LogP contribution in [0.5, 0.6) is 0 Å². The van der Waals surface area contributed by atoms with Crippen LogP contribution in [0.25, 0.3) is 0 Å². The fraction of sp³-hybridized carbons (Fsp3) is 0.889. The van der Waals surface area contributed by atoms with Crippen molar-refractivity contribution in [2.45, 2.75) is 26.6 Å². The smallest absolute Gasteiger partial charge is 0.303 e. The van der Waals surface area contributed by atoms with Gasteiger partial charge in [0.2, 0.25) is 0 Å². The Morgan fingerprint density at radius 1 is 1.75 bits per heavy atom. The van der Waals surface area contributed by atoms with Gasteiger partial charge in [-0.25, -0.2) is 0 Å². The molecule has 0 heterocycles. The molecule has 0 bridgehead atoms.